The van der Waals surface area contributed by atoms with Gasteiger partial charge in [0.1, 0.15) is 5.00 Å². The van der Waals surface area contributed by atoms with Crippen molar-refractivity contribution in [1.82, 2.24) is 4.98 Å². The van der Waals surface area contributed by atoms with Crippen molar-refractivity contribution >= 4 is 39.1 Å². The first-order valence-corrected chi connectivity index (χ1v) is 11.8. The summed E-state index contributed by atoms with van der Waals surface area (Å²) in [6.45, 7) is 4.11. The van der Waals surface area contributed by atoms with E-state index in [4.69, 9.17) is 9.72 Å². The summed E-state index contributed by atoms with van der Waals surface area (Å²) in [4.78, 5) is 32.1. The van der Waals surface area contributed by atoms with E-state index in [1.807, 2.05) is 36.4 Å². The first-order chi connectivity index (χ1) is 16.0. The molecule has 1 N–H and O–H groups in total. The highest BCUT2D eigenvalue weighted by molar-refractivity contribution is 7.17. The first-order valence-electron chi connectivity index (χ1n) is 11.0. The molecule has 33 heavy (non-hydrogen) atoms. The fraction of sp³-hybridized carbons (Fsp3) is 0.222. The van der Waals surface area contributed by atoms with E-state index >= 15 is 0 Å². The maximum Gasteiger partial charge on any atom is 0.341 e. The molecule has 0 aliphatic heterocycles. The van der Waals surface area contributed by atoms with Gasteiger partial charge in [0.15, 0.2) is 0 Å². The second kappa shape index (κ2) is 8.45. The van der Waals surface area contributed by atoms with Gasteiger partial charge in [-0.1, -0.05) is 42.0 Å². The molecule has 2 aromatic carbocycles. The number of carbonyl (C=O) groups is 2. The van der Waals surface area contributed by atoms with Crippen LogP contribution in [0.3, 0.4) is 0 Å². The van der Waals surface area contributed by atoms with Crippen LogP contribution in [0.25, 0.3) is 22.2 Å². The van der Waals surface area contributed by atoms with Gasteiger partial charge in [-0.05, 0) is 56.4 Å². The number of benzene rings is 2. The zero-order chi connectivity index (χ0) is 23.1. The molecule has 0 unspecified atom stereocenters. The number of hydrogen-bond donors (Lipinski definition) is 1. The van der Waals surface area contributed by atoms with Crippen molar-refractivity contribution in [2.24, 2.45) is 0 Å². The van der Waals surface area contributed by atoms with Crippen molar-refractivity contribution in [3.8, 4) is 11.3 Å². The van der Waals surface area contributed by atoms with E-state index in [1.54, 1.807) is 0 Å². The Morgan fingerprint density at radius 2 is 1.88 bits per heavy atom. The third-order valence-electron chi connectivity index (χ3n) is 6.16. The number of rotatable bonds is 4. The summed E-state index contributed by atoms with van der Waals surface area (Å²) in [5.41, 5.74) is 6.81. The average Bonchev–Trinajstić information content (AvgIpc) is 3.38. The van der Waals surface area contributed by atoms with Gasteiger partial charge in [-0.25, -0.2) is 9.78 Å². The van der Waals surface area contributed by atoms with Crippen molar-refractivity contribution in [2.75, 3.05) is 12.4 Å². The van der Waals surface area contributed by atoms with Gasteiger partial charge in [-0.2, -0.15) is 0 Å². The number of aromatic nitrogens is 1. The Morgan fingerprint density at radius 3 is 2.67 bits per heavy atom. The lowest BCUT2D eigenvalue weighted by Crippen LogP contribution is -2.15. The summed E-state index contributed by atoms with van der Waals surface area (Å²) in [7, 11) is 1.37. The number of nitrogens with zero attached hydrogens (tertiary/aromatic N) is 1. The number of aryl methyl sites for hydroxylation is 3. The first kappa shape index (κ1) is 21.3. The van der Waals surface area contributed by atoms with Crippen LogP contribution in [0.15, 0.2) is 48.5 Å². The quantitative estimate of drug-likeness (QED) is 0.376. The fourth-order valence-electron chi connectivity index (χ4n) is 4.58. The Hall–Kier alpha value is -3.51. The smallest absolute Gasteiger partial charge is 0.341 e. The molecule has 0 saturated carbocycles. The number of esters is 1. The maximum atomic E-state index is 13.6. The minimum absolute atomic E-state index is 0.260. The third kappa shape index (κ3) is 3.80. The zero-order valence-electron chi connectivity index (χ0n) is 18.8. The number of nitrogens with one attached hydrogen (secondary N) is 1. The molecule has 5 rings (SSSR count). The largest absolute Gasteiger partial charge is 0.465 e. The number of amides is 1. The fourth-order valence-corrected chi connectivity index (χ4v) is 5.86. The molecule has 2 heterocycles. The molecule has 166 valence electrons. The molecule has 2 aromatic heterocycles. The summed E-state index contributed by atoms with van der Waals surface area (Å²) >= 11 is 1.48. The molecule has 0 bridgehead atoms. The molecule has 0 radical (unpaired) electrons. The highest BCUT2D eigenvalue weighted by atomic mass is 32.1. The van der Waals surface area contributed by atoms with E-state index in [-0.39, 0.29) is 5.91 Å². The molecule has 6 heteroatoms. The highest BCUT2D eigenvalue weighted by Crippen LogP contribution is 2.40. The van der Waals surface area contributed by atoms with Crippen LogP contribution in [0.4, 0.5) is 5.00 Å². The van der Waals surface area contributed by atoms with Gasteiger partial charge in [0.05, 0.1) is 29.4 Å². The van der Waals surface area contributed by atoms with Gasteiger partial charge in [0.25, 0.3) is 5.91 Å². The summed E-state index contributed by atoms with van der Waals surface area (Å²) in [6.07, 6.45) is 2.78. The van der Waals surface area contributed by atoms with Crippen LogP contribution in [0.1, 0.15) is 48.7 Å². The van der Waals surface area contributed by atoms with Gasteiger partial charge in [0.2, 0.25) is 0 Å². The van der Waals surface area contributed by atoms with Gasteiger partial charge >= 0.3 is 5.97 Å². The molecule has 0 saturated heterocycles. The second-order valence-electron chi connectivity index (χ2n) is 8.40. The van der Waals surface area contributed by atoms with Crippen LogP contribution < -0.4 is 5.32 Å². The third-order valence-corrected chi connectivity index (χ3v) is 7.36. The minimum atomic E-state index is -0.403. The number of pyridine rings is 1. The predicted octanol–water partition coefficient (Wildman–Crippen LogP) is 6.11. The number of fused-ring (bicyclic) bond motifs is 2. The summed E-state index contributed by atoms with van der Waals surface area (Å²) in [5, 5.41) is 4.35. The number of thiophene rings is 1. The van der Waals surface area contributed by atoms with Crippen molar-refractivity contribution in [2.45, 2.75) is 33.1 Å². The van der Waals surface area contributed by atoms with Crippen LogP contribution in [0, 0.1) is 13.8 Å². The SMILES string of the molecule is COC(=O)c1c(NC(=O)c2cc(-c3ccc(C)cc3C)nc3ccccc23)sc2c1CCC2. The highest BCUT2D eigenvalue weighted by Gasteiger charge is 2.28. The molecule has 4 aromatic rings. The minimum Gasteiger partial charge on any atom is -0.465 e. The van der Waals surface area contributed by atoms with Crippen molar-refractivity contribution in [3.63, 3.8) is 0 Å². The lowest BCUT2D eigenvalue weighted by molar-refractivity contribution is 0.0601. The van der Waals surface area contributed by atoms with Crippen LogP contribution in [-0.2, 0) is 17.6 Å². The molecule has 0 spiro atoms. The van der Waals surface area contributed by atoms with E-state index in [0.29, 0.717) is 16.1 Å². The topological polar surface area (TPSA) is 68.3 Å². The Bertz CT molecular complexity index is 1420. The van der Waals surface area contributed by atoms with E-state index in [1.165, 1.54) is 24.0 Å². The lowest BCUT2D eigenvalue weighted by atomic mass is 9.99. The number of ether oxygens (including phenoxy) is 1. The van der Waals surface area contributed by atoms with Gasteiger partial charge in [-0.3, -0.25) is 4.79 Å². The van der Waals surface area contributed by atoms with Crippen molar-refractivity contribution in [1.29, 1.82) is 0 Å². The summed E-state index contributed by atoms with van der Waals surface area (Å²) in [6, 6.07) is 15.7. The number of hydrogen-bond acceptors (Lipinski definition) is 5. The molecule has 1 aliphatic carbocycles. The maximum absolute atomic E-state index is 13.6. The van der Waals surface area contributed by atoms with E-state index in [9.17, 15) is 9.59 Å². The summed E-state index contributed by atoms with van der Waals surface area (Å²) in [5.74, 6) is -0.662. The molecule has 5 nitrogen and oxygen atoms in total. The lowest BCUT2D eigenvalue weighted by Gasteiger charge is -2.12. The average molecular weight is 457 g/mol. The number of anilines is 1. The van der Waals surface area contributed by atoms with Crippen LogP contribution in [0.2, 0.25) is 0 Å². The van der Waals surface area contributed by atoms with Gasteiger partial charge in [-0.15, -0.1) is 11.3 Å². The molecule has 1 amide bonds. The van der Waals surface area contributed by atoms with E-state index in [2.05, 4.69) is 31.3 Å². The van der Waals surface area contributed by atoms with Crippen molar-refractivity contribution in [3.05, 3.63) is 81.2 Å². The van der Waals surface area contributed by atoms with Crippen LogP contribution in [-0.4, -0.2) is 24.0 Å². The molecule has 0 fully saturated rings. The Morgan fingerprint density at radius 1 is 1.06 bits per heavy atom. The Balaban J connectivity index is 1.60. The standard InChI is InChI=1S/C27H24N2O3S/c1-15-11-12-17(16(2)13-15)22-14-20(18-7-4-5-9-21(18)28-22)25(30)29-26-24(27(31)32-3)19-8-6-10-23(19)33-26/h4-5,7,9,11-14H,6,8,10H2,1-3H3,(H,29,30). The number of methoxy groups -OCH3 is 1. The Labute approximate surface area is 196 Å². The number of para-hydroxylation sites is 1. The summed E-state index contributed by atoms with van der Waals surface area (Å²) < 4.78 is 5.02. The predicted molar refractivity (Wildman–Crippen MR) is 132 cm³/mol. The normalized spacial score (nSPS) is 12.6. The zero-order valence-corrected chi connectivity index (χ0v) is 19.6. The Kier molecular flexibility index (Phi) is 5.46. The molecule has 0 atom stereocenters. The number of carbonyl (C=O) groups excluding carboxylic acids is 2. The van der Waals surface area contributed by atoms with Crippen LogP contribution >= 0.6 is 11.3 Å². The van der Waals surface area contributed by atoms with Gasteiger partial charge < -0.3 is 10.1 Å². The van der Waals surface area contributed by atoms with Crippen molar-refractivity contribution < 1.29 is 14.3 Å². The van der Waals surface area contributed by atoms with Gasteiger partial charge in [0, 0.05) is 15.8 Å². The molecular weight excluding hydrogens is 432 g/mol. The molecule has 1 aliphatic rings. The second-order valence-corrected chi connectivity index (χ2v) is 9.50. The van der Waals surface area contributed by atoms with Crippen LogP contribution in [0.5, 0.6) is 0 Å². The van der Waals surface area contributed by atoms with E-state index < -0.39 is 5.97 Å². The molecular formula is C27H24N2O3S. The van der Waals surface area contributed by atoms with E-state index in [0.717, 1.165) is 57.4 Å². The monoisotopic (exact) mass is 456 g/mol.